The smallest absolute Gasteiger partial charge is 0.303 e. The van der Waals surface area contributed by atoms with Gasteiger partial charge in [-0.05, 0) is 43.4 Å². The number of aliphatic carboxylic acids is 1. The van der Waals surface area contributed by atoms with E-state index >= 15 is 0 Å². The molecule has 0 aliphatic carbocycles. The Hall–Kier alpha value is -2.73. The highest BCUT2D eigenvalue weighted by molar-refractivity contribution is 7.41. The molecule has 0 saturated carbocycles. The van der Waals surface area contributed by atoms with Gasteiger partial charge in [-0.2, -0.15) is 0 Å². The van der Waals surface area contributed by atoms with E-state index in [-0.39, 0.29) is 28.8 Å². The molecule has 0 radical (unpaired) electrons. The molecule has 0 fully saturated rings. The molecular weight excluding hydrogens is 377 g/mol. The van der Waals surface area contributed by atoms with Crippen LogP contribution in [-0.2, 0) is 11.3 Å². The number of nitrogens with zero attached hydrogens (tertiary/aromatic N) is 1. The Morgan fingerprint density at radius 2 is 2.00 bits per heavy atom. The zero-order chi connectivity index (χ0) is 20.7. The van der Waals surface area contributed by atoms with Crippen molar-refractivity contribution in [2.45, 2.75) is 39.7 Å². The van der Waals surface area contributed by atoms with Crippen LogP contribution in [0.5, 0.6) is 0 Å². The second-order valence-electron chi connectivity index (χ2n) is 6.60. The molecule has 0 aliphatic heterocycles. The Morgan fingerprint density at radius 3 is 2.64 bits per heavy atom. The molecule has 5 N–H and O–H groups in total. The quantitative estimate of drug-likeness (QED) is 0.236. The molecule has 28 heavy (non-hydrogen) atoms. The highest BCUT2D eigenvalue weighted by Gasteiger charge is 2.13. The minimum atomic E-state index is -0.842. The van der Waals surface area contributed by atoms with Gasteiger partial charge >= 0.3 is 5.97 Å². The summed E-state index contributed by atoms with van der Waals surface area (Å²) in [4.78, 5) is 30.0. The molecule has 0 saturated heterocycles. The van der Waals surface area contributed by atoms with E-state index in [2.05, 4.69) is 42.8 Å². The number of benzene rings is 1. The lowest BCUT2D eigenvalue weighted by Crippen LogP contribution is -2.22. The van der Waals surface area contributed by atoms with Crippen LogP contribution in [0.15, 0.2) is 23.0 Å². The van der Waals surface area contributed by atoms with Gasteiger partial charge in [0.05, 0.1) is 5.45 Å². The molecule has 1 heterocycles. The summed E-state index contributed by atoms with van der Waals surface area (Å²) in [5, 5.41) is 22.6. The Morgan fingerprint density at radius 1 is 1.25 bits per heavy atom. The molecule has 150 valence electrons. The lowest BCUT2D eigenvalue weighted by molar-refractivity contribution is -0.137. The van der Waals surface area contributed by atoms with Crippen molar-refractivity contribution in [1.29, 1.82) is 5.41 Å². The number of nitrogens with one attached hydrogen (secondary N) is 4. The van der Waals surface area contributed by atoms with Crippen LogP contribution in [0.25, 0.3) is 0 Å². The van der Waals surface area contributed by atoms with Gasteiger partial charge in [-0.3, -0.25) is 20.0 Å². The van der Waals surface area contributed by atoms with Gasteiger partial charge in [0.25, 0.3) is 5.56 Å². The second-order valence-corrected chi connectivity index (χ2v) is 7.18. The first kappa shape index (κ1) is 21.6. The van der Waals surface area contributed by atoms with E-state index in [1.807, 2.05) is 19.1 Å². The summed E-state index contributed by atoms with van der Waals surface area (Å²) in [5.41, 5.74) is 3.64. The number of aryl methyl sites for hydroxylation is 2. The first-order valence-electron chi connectivity index (χ1n) is 9.02. The molecule has 1 aromatic carbocycles. The molecule has 2 aromatic rings. The van der Waals surface area contributed by atoms with Crippen molar-refractivity contribution in [2.75, 3.05) is 17.2 Å². The predicted molar refractivity (Wildman–Crippen MR) is 115 cm³/mol. The topological polar surface area (TPSA) is 131 Å². The number of aromatic amines is 1. The normalized spacial score (nSPS) is 10.5. The number of unbranched alkanes of at least 4 members (excludes halogenated alkanes) is 1. The van der Waals surface area contributed by atoms with Crippen LogP contribution in [0.2, 0.25) is 0 Å². The number of hydrogen-bond acceptors (Lipinski definition) is 6. The van der Waals surface area contributed by atoms with E-state index in [9.17, 15) is 9.59 Å². The summed E-state index contributed by atoms with van der Waals surface area (Å²) in [6, 6.07) is 6.13. The fourth-order valence-corrected chi connectivity index (χ4v) is 2.84. The number of aromatic nitrogens is 2. The first-order chi connectivity index (χ1) is 13.3. The van der Waals surface area contributed by atoms with Gasteiger partial charge in [-0.1, -0.05) is 27.4 Å². The number of carboxylic acids is 1. The molecule has 1 unspecified atom stereocenters. The number of carboxylic acid groups (broad SMARTS) is 1. The maximum Gasteiger partial charge on any atom is 0.303 e. The van der Waals surface area contributed by atoms with Crippen LogP contribution in [0, 0.1) is 19.3 Å². The predicted octanol–water partition coefficient (Wildman–Crippen LogP) is 2.87. The van der Waals surface area contributed by atoms with E-state index in [1.54, 1.807) is 0 Å². The summed E-state index contributed by atoms with van der Waals surface area (Å²) in [6.45, 7) is 5.02. The van der Waals surface area contributed by atoms with Crippen molar-refractivity contribution in [3.8, 4) is 0 Å². The Kier molecular flexibility index (Phi) is 7.70. The lowest BCUT2D eigenvalue weighted by atomic mass is 10.1. The van der Waals surface area contributed by atoms with Gasteiger partial charge < -0.3 is 15.7 Å². The molecule has 0 spiro atoms. The van der Waals surface area contributed by atoms with Gasteiger partial charge in [0, 0.05) is 19.5 Å². The minimum Gasteiger partial charge on any atom is -0.481 e. The average molecular weight is 403 g/mol. The molecule has 0 aliphatic rings. The van der Waals surface area contributed by atoms with Crippen molar-refractivity contribution in [2.24, 2.45) is 0 Å². The third-order valence-electron chi connectivity index (χ3n) is 4.32. The van der Waals surface area contributed by atoms with Crippen molar-refractivity contribution < 1.29 is 9.90 Å². The number of rotatable bonds is 10. The van der Waals surface area contributed by atoms with E-state index in [0.29, 0.717) is 31.9 Å². The monoisotopic (exact) mass is 403 g/mol. The fourth-order valence-electron chi connectivity index (χ4n) is 2.63. The van der Waals surface area contributed by atoms with Crippen molar-refractivity contribution >= 4 is 32.3 Å². The Labute approximate surface area is 165 Å². The van der Waals surface area contributed by atoms with Crippen LogP contribution in [0.4, 0.5) is 11.6 Å². The Balaban J connectivity index is 2.08. The van der Waals surface area contributed by atoms with Crippen molar-refractivity contribution in [3.63, 3.8) is 0 Å². The van der Waals surface area contributed by atoms with Gasteiger partial charge in [0.15, 0.2) is 0 Å². The standard InChI is InChI=1S/C19H26N5O3P/c1-11-6-7-13(9-12(11)2)10-22-19-23-15(17(20)28)16(18(27)24-19)21-8-4-3-5-14(25)26/h6-7,9,20-21H,3-5,8,10,28H2,1-2H3,(H,25,26)(H2,22,23,24,27). The molecule has 9 heteroatoms. The zero-order valence-corrected chi connectivity index (χ0v) is 17.2. The van der Waals surface area contributed by atoms with Crippen LogP contribution in [0.3, 0.4) is 0 Å². The number of hydrogen-bond donors (Lipinski definition) is 5. The van der Waals surface area contributed by atoms with Gasteiger partial charge in [-0.15, -0.1) is 0 Å². The zero-order valence-electron chi connectivity index (χ0n) is 16.1. The molecule has 2 rings (SSSR count). The first-order valence-corrected chi connectivity index (χ1v) is 9.60. The van der Waals surface area contributed by atoms with Crippen molar-refractivity contribution in [3.05, 3.63) is 50.9 Å². The van der Waals surface area contributed by atoms with Gasteiger partial charge in [0.2, 0.25) is 5.95 Å². The van der Waals surface area contributed by atoms with E-state index in [1.165, 1.54) is 11.1 Å². The summed E-state index contributed by atoms with van der Waals surface area (Å²) in [6.07, 6.45) is 1.20. The van der Waals surface area contributed by atoms with Crippen LogP contribution < -0.4 is 16.2 Å². The minimum absolute atomic E-state index is 0.0872. The second kappa shape index (κ2) is 9.99. The largest absolute Gasteiger partial charge is 0.481 e. The summed E-state index contributed by atoms with van der Waals surface area (Å²) >= 11 is 0. The third-order valence-corrected chi connectivity index (χ3v) is 4.60. The number of carbonyl (C=O) groups is 1. The van der Waals surface area contributed by atoms with Crippen molar-refractivity contribution in [1.82, 2.24) is 9.97 Å². The number of H-pyrrole nitrogens is 1. The maximum atomic E-state index is 12.4. The molecule has 0 amide bonds. The van der Waals surface area contributed by atoms with Gasteiger partial charge in [0.1, 0.15) is 11.4 Å². The molecule has 1 aromatic heterocycles. The molecule has 1 atom stereocenters. The van der Waals surface area contributed by atoms with Crippen LogP contribution in [0.1, 0.15) is 41.6 Å². The molecule has 0 bridgehead atoms. The maximum absolute atomic E-state index is 12.4. The van der Waals surface area contributed by atoms with Crippen LogP contribution in [-0.4, -0.2) is 33.0 Å². The molecular formula is C19H26N5O3P. The summed E-state index contributed by atoms with van der Waals surface area (Å²) in [5.74, 6) is -0.548. The summed E-state index contributed by atoms with van der Waals surface area (Å²) in [7, 11) is 2.24. The fraction of sp³-hybridized carbons (Fsp3) is 0.368. The van der Waals surface area contributed by atoms with E-state index in [0.717, 1.165) is 5.56 Å². The van der Waals surface area contributed by atoms with Gasteiger partial charge in [-0.25, -0.2) is 4.98 Å². The SMILES string of the molecule is Cc1ccc(CNc2nc(C(=N)P)c(NCCCCC(=O)O)c(=O)[nH]2)cc1C. The lowest BCUT2D eigenvalue weighted by Gasteiger charge is -2.13. The highest BCUT2D eigenvalue weighted by Crippen LogP contribution is 2.15. The highest BCUT2D eigenvalue weighted by atomic mass is 31.0. The average Bonchev–Trinajstić information content (AvgIpc) is 2.63. The van der Waals surface area contributed by atoms with E-state index in [4.69, 9.17) is 10.5 Å². The summed E-state index contributed by atoms with van der Waals surface area (Å²) < 4.78 is 0. The van der Waals surface area contributed by atoms with E-state index < -0.39 is 5.97 Å². The van der Waals surface area contributed by atoms with Crippen LogP contribution >= 0.6 is 9.24 Å². The number of anilines is 2. The Bertz CT molecular complexity index is 926. The molecule has 8 nitrogen and oxygen atoms in total. The third kappa shape index (κ3) is 6.16.